The van der Waals surface area contributed by atoms with E-state index in [4.69, 9.17) is 4.74 Å². The minimum Gasteiger partial charge on any atom is -0.461 e. The lowest BCUT2D eigenvalue weighted by atomic mass is 10.2. The Balaban J connectivity index is 2.34. The molecule has 14 heavy (non-hydrogen) atoms. The van der Waals surface area contributed by atoms with Crippen LogP contribution in [-0.4, -0.2) is 12.6 Å². The lowest BCUT2D eigenvalue weighted by molar-refractivity contribution is -0.141. The average molecular weight is 190 g/mol. The van der Waals surface area contributed by atoms with Gasteiger partial charge >= 0.3 is 5.97 Å². The summed E-state index contributed by atoms with van der Waals surface area (Å²) in [5.74, 6) is -0.186. The Labute approximate surface area is 84.2 Å². The van der Waals surface area contributed by atoms with Crippen molar-refractivity contribution in [3.05, 3.63) is 48.0 Å². The van der Waals surface area contributed by atoms with Gasteiger partial charge in [-0.3, -0.25) is 4.79 Å². The molecule has 74 valence electrons. The Kier molecular flexibility index (Phi) is 4.48. The lowest BCUT2D eigenvalue weighted by Crippen LogP contribution is -2.07. The molecule has 1 aromatic carbocycles. The average Bonchev–Trinajstić information content (AvgIpc) is 2.20. The standard InChI is InChI=1S/C12H14O2/c1-2-3-9-14-12(13)10-11-7-5-4-6-8-11/h2-8H,9-10H2,1H3. The maximum absolute atomic E-state index is 11.2. The first-order valence-electron chi connectivity index (χ1n) is 4.63. The predicted octanol–water partition coefficient (Wildman–Crippen LogP) is 2.35. The van der Waals surface area contributed by atoms with Crippen LogP contribution in [-0.2, 0) is 16.0 Å². The highest BCUT2D eigenvalue weighted by molar-refractivity contribution is 5.72. The molecule has 0 bridgehead atoms. The number of ether oxygens (including phenoxy) is 1. The molecule has 2 heteroatoms. The normalized spacial score (nSPS) is 10.4. The van der Waals surface area contributed by atoms with E-state index < -0.39 is 0 Å². The molecule has 0 saturated heterocycles. The van der Waals surface area contributed by atoms with Crippen LogP contribution < -0.4 is 0 Å². The van der Waals surface area contributed by atoms with Gasteiger partial charge in [0.25, 0.3) is 0 Å². The zero-order chi connectivity index (χ0) is 10.2. The van der Waals surface area contributed by atoms with Gasteiger partial charge in [-0.25, -0.2) is 0 Å². The topological polar surface area (TPSA) is 26.3 Å². The van der Waals surface area contributed by atoms with Crippen LogP contribution in [0.2, 0.25) is 0 Å². The third-order valence-electron chi connectivity index (χ3n) is 1.77. The molecule has 0 saturated carbocycles. The molecule has 0 spiro atoms. The van der Waals surface area contributed by atoms with E-state index in [-0.39, 0.29) is 5.97 Å². The molecular weight excluding hydrogens is 176 g/mol. The van der Waals surface area contributed by atoms with Gasteiger partial charge in [0.2, 0.25) is 0 Å². The largest absolute Gasteiger partial charge is 0.461 e. The highest BCUT2D eigenvalue weighted by Crippen LogP contribution is 2.00. The first kappa shape index (κ1) is 10.5. The molecule has 0 N–H and O–H groups in total. The van der Waals surface area contributed by atoms with Crippen LogP contribution in [0.15, 0.2) is 42.5 Å². The number of esters is 1. The second kappa shape index (κ2) is 5.97. The number of hydrogen-bond acceptors (Lipinski definition) is 2. The predicted molar refractivity (Wildman–Crippen MR) is 55.9 cm³/mol. The van der Waals surface area contributed by atoms with E-state index in [0.29, 0.717) is 13.0 Å². The number of carbonyl (C=O) groups is 1. The molecule has 0 radical (unpaired) electrons. The highest BCUT2D eigenvalue weighted by Gasteiger charge is 2.02. The van der Waals surface area contributed by atoms with E-state index in [2.05, 4.69) is 0 Å². The Morgan fingerprint density at radius 2 is 2.07 bits per heavy atom. The summed E-state index contributed by atoms with van der Waals surface area (Å²) < 4.78 is 4.96. The van der Waals surface area contributed by atoms with Gasteiger partial charge in [-0.2, -0.15) is 0 Å². The van der Waals surface area contributed by atoms with Crippen molar-refractivity contribution in [2.45, 2.75) is 13.3 Å². The summed E-state index contributed by atoms with van der Waals surface area (Å²) >= 11 is 0. The summed E-state index contributed by atoms with van der Waals surface area (Å²) in [6, 6.07) is 9.58. The van der Waals surface area contributed by atoms with Gasteiger partial charge in [0, 0.05) is 0 Å². The quantitative estimate of drug-likeness (QED) is 0.538. The Bertz CT molecular complexity index is 301. The molecule has 0 unspecified atom stereocenters. The van der Waals surface area contributed by atoms with Gasteiger partial charge in [-0.1, -0.05) is 42.5 Å². The maximum Gasteiger partial charge on any atom is 0.310 e. The van der Waals surface area contributed by atoms with Crippen molar-refractivity contribution in [3.8, 4) is 0 Å². The molecule has 0 aliphatic carbocycles. The SMILES string of the molecule is CC=CCOC(=O)Cc1ccccc1. The van der Waals surface area contributed by atoms with Crippen molar-refractivity contribution >= 4 is 5.97 Å². The minimum absolute atomic E-state index is 0.186. The molecular formula is C12H14O2. The second-order valence-corrected chi connectivity index (χ2v) is 2.91. The minimum atomic E-state index is -0.186. The van der Waals surface area contributed by atoms with Crippen LogP contribution in [0.3, 0.4) is 0 Å². The van der Waals surface area contributed by atoms with Crippen LogP contribution >= 0.6 is 0 Å². The first-order chi connectivity index (χ1) is 6.83. The molecule has 1 rings (SSSR count). The molecule has 0 heterocycles. The zero-order valence-electron chi connectivity index (χ0n) is 8.27. The smallest absolute Gasteiger partial charge is 0.310 e. The van der Waals surface area contributed by atoms with Gasteiger partial charge < -0.3 is 4.74 Å². The fourth-order valence-electron chi connectivity index (χ4n) is 1.05. The molecule has 0 amide bonds. The third-order valence-corrected chi connectivity index (χ3v) is 1.77. The van der Waals surface area contributed by atoms with Crippen molar-refractivity contribution < 1.29 is 9.53 Å². The lowest BCUT2D eigenvalue weighted by Gasteiger charge is -2.01. The molecule has 0 aliphatic heterocycles. The molecule has 0 fully saturated rings. The monoisotopic (exact) mass is 190 g/mol. The number of carbonyl (C=O) groups excluding carboxylic acids is 1. The van der Waals surface area contributed by atoms with Crippen LogP contribution in [0, 0.1) is 0 Å². The van der Waals surface area contributed by atoms with Crippen molar-refractivity contribution in [2.75, 3.05) is 6.61 Å². The van der Waals surface area contributed by atoms with Crippen LogP contribution in [0.1, 0.15) is 12.5 Å². The maximum atomic E-state index is 11.2. The second-order valence-electron chi connectivity index (χ2n) is 2.91. The van der Waals surface area contributed by atoms with Gasteiger partial charge in [-0.05, 0) is 12.5 Å². The summed E-state index contributed by atoms with van der Waals surface area (Å²) in [5, 5.41) is 0. The van der Waals surface area contributed by atoms with E-state index in [1.54, 1.807) is 0 Å². The number of rotatable bonds is 4. The molecule has 0 aliphatic rings. The number of benzene rings is 1. The summed E-state index contributed by atoms with van der Waals surface area (Å²) in [6.07, 6.45) is 4.01. The fraction of sp³-hybridized carbons (Fsp3) is 0.250. The van der Waals surface area contributed by atoms with Crippen molar-refractivity contribution in [3.63, 3.8) is 0 Å². The molecule has 2 nitrogen and oxygen atoms in total. The van der Waals surface area contributed by atoms with E-state index in [9.17, 15) is 4.79 Å². The van der Waals surface area contributed by atoms with Crippen molar-refractivity contribution in [2.24, 2.45) is 0 Å². The summed E-state index contributed by atoms with van der Waals surface area (Å²) in [5.41, 5.74) is 0.984. The van der Waals surface area contributed by atoms with Crippen LogP contribution in [0.4, 0.5) is 0 Å². The highest BCUT2D eigenvalue weighted by atomic mass is 16.5. The van der Waals surface area contributed by atoms with Gasteiger partial charge in [-0.15, -0.1) is 0 Å². The molecule has 0 aromatic heterocycles. The first-order valence-corrected chi connectivity index (χ1v) is 4.63. The Morgan fingerprint density at radius 3 is 2.71 bits per heavy atom. The molecule has 1 aromatic rings. The molecule has 0 atom stereocenters. The van der Waals surface area contributed by atoms with E-state index in [1.807, 2.05) is 49.4 Å². The third kappa shape index (κ3) is 3.90. The van der Waals surface area contributed by atoms with Gasteiger partial charge in [0.15, 0.2) is 0 Å². The zero-order valence-corrected chi connectivity index (χ0v) is 8.27. The van der Waals surface area contributed by atoms with E-state index in [0.717, 1.165) is 5.56 Å². The summed E-state index contributed by atoms with van der Waals surface area (Å²) in [6.45, 7) is 2.26. The Hall–Kier alpha value is -1.57. The van der Waals surface area contributed by atoms with Crippen molar-refractivity contribution in [1.82, 2.24) is 0 Å². The Morgan fingerprint density at radius 1 is 1.36 bits per heavy atom. The number of allylic oxidation sites excluding steroid dienone is 1. The van der Waals surface area contributed by atoms with Crippen molar-refractivity contribution in [1.29, 1.82) is 0 Å². The summed E-state index contributed by atoms with van der Waals surface area (Å²) in [4.78, 5) is 11.2. The van der Waals surface area contributed by atoms with E-state index in [1.165, 1.54) is 0 Å². The van der Waals surface area contributed by atoms with Crippen LogP contribution in [0.5, 0.6) is 0 Å². The van der Waals surface area contributed by atoms with E-state index >= 15 is 0 Å². The fourth-order valence-corrected chi connectivity index (χ4v) is 1.05. The van der Waals surface area contributed by atoms with Gasteiger partial charge in [0.1, 0.15) is 6.61 Å². The van der Waals surface area contributed by atoms with Crippen LogP contribution in [0.25, 0.3) is 0 Å². The number of hydrogen-bond donors (Lipinski definition) is 0. The summed E-state index contributed by atoms with van der Waals surface area (Å²) in [7, 11) is 0. The van der Waals surface area contributed by atoms with Gasteiger partial charge in [0.05, 0.1) is 6.42 Å².